The quantitative estimate of drug-likeness (QED) is 0.463. The molecule has 0 heterocycles. The van der Waals surface area contributed by atoms with Crippen LogP contribution in [0.15, 0.2) is 48.0 Å². The summed E-state index contributed by atoms with van der Waals surface area (Å²) < 4.78 is 10.5. The number of nitrogens with two attached hydrogens (primary N) is 1. The number of allylic oxidation sites excluding steroid dienone is 4. The van der Waals surface area contributed by atoms with Crippen molar-refractivity contribution in [3.8, 4) is 0 Å². The minimum atomic E-state index is 0.139. The van der Waals surface area contributed by atoms with E-state index in [9.17, 15) is 0 Å². The Morgan fingerprint density at radius 1 is 1.28 bits per heavy atom. The largest absolute Gasteiger partial charge is 0.498 e. The van der Waals surface area contributed by atoms with Crippen LogP contribution in [0.3, 0.4) is 0 Å². The van der Waals surface area contributed by atoms with E-state index < -0.39 is 0 Å². The highest BCUT2D eigenvalue weighted by molar-refractivity contribution is 5.31. The third kappa shape index (κ3) is 3.50. The van der Waals surface area contributed by atoms with Crippen LogP contribution >= 0.6 is 0 Å². The number of hydrogen-bond acceptors (Lipinski definition) is 3. The van der Waals surface area contributed by atoms with Crippen LogP contribution in [0.1, 0.15) is 19.8 Å². The Bertz CT molecular complexity index is 380. The SMILES string of the molecule is C=C/C(=C\C(OC)=C(/C)OC)C1CC=CCC1N. The van der Waals surface area contributed by atoms with Gasteiger partial charge in [-0.05, 0) is 31.4 Å². The van der Waals surface area contributed by atoms with E-state index in [1.165, 1.54) is 0 Å². The minimum Gasteiger partial charge on any atom is -0.498 e. The van der Waals surface area contributed by atoms with Gasteiger partial charge in [-0.1, -0.05) is 24.8 Å². The van der Waals surface area contributed by atoms with Crippen molar-refractivity contribution in [3.63, 3.8) is 0 Å². The number of hydrogen-bond donors (Lipinski definition) is 1. The molecule has 0 aromatic carbocycles. The molecule has 0 saturated carbocycles. The molecule has 18 heavy (non-hydrogen) atoms. The molecule has 0 aromatic rings. The van der Waals surface area contributed by atoms with Crippen molar-refractivity contribution in [1.29, 1.82) is 0 Å². The maximum absolute atomic E-state index is 6.15. The van der Waals surface area contributed by atoms with Gasteiger partial charge in [0, 0.05) is 12.0 Å². The lowest BCUT2D eigenvalue weighted by Crippen LogP contribution is -2.32. The van der Waals surface area contributed by atoms with Gasteiger partial charge in [0.2, 0.25) is 0 Å². The highest BCUT2D eigenvalue weighted by Crippen LogP contribution is 2.27. The molecule has 2 N–H and O–H groups in total. The van der Waals surface area contributed by atoms with Crippen molar-refractivity contribution in [3.05, 3.63) is 48.0 Å². The van der Waals surface area contributed by atoms with Crippen molar-refractivity contribution in [2.45, 2.75) is 25.8 Å². The van der Waals surface area contributed by atoms with E-state index in [0.29, 0.717) is 11.7 Å². The predicted molar refractivity (Wildman–Crippen MR) is 74.8 cm³/mol. The first kappa shape index (κ1) is 14.6. The standard InChI is InChI=1S/C15H23NO2/c1-5-12(10-15(18-4)11(2)17-3)13-8-6-7-9-14(13)16/h5-7,10,13-14H,1,8-9,16H2,2-4H3/b12-10+,15-11-. The summed E-state index contributed by atoms with van der Waals surface area (Å²) in [5.74, 6) is 1.76. The van der Waals surface area contributed by atoms with E-state index in [2.05, 4.69) is 18.7 Å². The van der Waals surface area contributed by atoms with Crippen LogP contribution < -0.4 is 5.73 Å². The fraction of sp³-hybridized carbons (Fsp3) is 0.467. The molecule has 0 bridgehead atoms. The summed E-state index contributed by atoms with van der Waals surface area (Å²) in [6, 6.07) is 0.139. The minimum absolute atomic E-state index is 0.139. The van der Waals surface area contributed by atoms with E-state index in [-0.39, 0.29) is 6.04 Å². The molecular weight excluding hydrogens is 226 g/mol. The normalized spacial score (nSPS) is 25.4. The monoisotopic (exact) mass is 249 g/mol. The molecule has 3 heteroatoms. The second-order valence-electron chi connectivity index (χ2n) is 4.39. The van der Waals surface area contributed by atoms with Crippen molar-refractivity contribution >= 4 is 0 Å². The molecule has 0 fully saturated rings. The van der Waals surface area contributed by atoms with E-state index in [1.807, 2.05) is 19.1 Å². The van der Waals surface area contributed by atoms with Gasteiger partial charge in [0.15, 0.2) is 5.76 Å². The van der Waals surface area contributed by atoms with Crippen LogP contribution in [0.25, 0.3) is 0 Å². The van der Waals surface area contributed by atoms with Gasteiger partial charge in [0.25, 0.3) is 0 Å². The Morgan fingerprint density at radius 2 is 1.94 bits per heavy atom. The summed E-state index contributed by atoms with van der Waals surface area (Å²) in [6.07, 6.45) is 9.98. The number of ether oxygens (including phenoxy) is 2. The van der Waals surface area contributed by atoms with Crippen LogP contribution in [0.4, 0.5) is 0 Å². The molecule has 100 valence electrons. The third-order valence-corrected chi connectivity index (χ3v) is 3.32. The topological polar surface area (TPSA) is 44.5 Å². The molecule has 0 saturated heterocycles. The fourth-order valence-electron chi connectivity index (χ4n) is 2.09. The van der Waals surface area contributed by atoms with Crippen molar-refractivity contribution in [2.75, 3.05) is 14.2 Å². The lowest BCUT2D eigenvalue weighted by atomic mass is 9.83. The van der Waals surface area contributed by atoms with Gasteiger partial charge < -0.3 is 15.2 Å². The highest BCUT2D eigenvalue weighted by Gasteiger charge is 2.21. The third-order valence-electron chi connectivity index (χ3n) is 3.32. The Morgan fingerprint density at radius 3 is 2.44 bits per heavy atom. The Labute approximate surface area is 110 Å². The Kier molecular flexibility index (Phi) is 5.72. The van der Waals surface area contributed by atoms with Gasteiger partial charge in [-0.3, -0.25) is 0 Å². The molecule has 1 aliphatic carbocycles. The fourth-order valence-corrected chi connectivity index (χ4v) is 2.09. The van der Waals surface area contributed by atoms with Crippen LogP contribution in [0, 0.1) is 5.92 Å². The van der Waals surface area contributed by atoms with Gasteiger partial charge in [-0.2, -0.15) is 0 Å². The zero-order valence-corrected chi connectivity index (χ0v) is 11.5. The molecule has 0 aliphatic heterocycles. The van der Waals surface area contributed by atoms with Gasteiger partial charge in [-0.15, -0.1) is 0 Å². The first-order valence-corrected chi connectivity index (χ1v) is 6.17. The van der Waals surface area contributed by atoms with Crippen molar-refractivity contribution in [1.82, 2.24) is 0 Å². The lowest BCUT2D eigenvalue weighted by molar-refractivity contribution is 0.232. The Balaban J connectivity index is 3.01. The average Bonchev–Trinajstić information content (AvgIpc) is 2.40. The van der Waals surface area contributed by atoms with Crippen LogP contribution in [0.5, 0.6) is 0 Å². The molecule has 1 rings (SSSR count). The average molecular weight is 249 g/mol. The molecular formula is C15H23NO2. The van der Waals surface area contributed by atoms with Gasteiger partial charge in [0.05, 0.1) is 14.2 Å². The molecule has 0 aromatic heterocycles. The maximum atomic E-state index is 6.15. The van der Waals surface area contributed by atoms with Gasteiger partial charge >= 0.3 is 0 Å². The second-order valence-corrected chi connectivity index (χ2v) is 4.39. The summed E-state index contributed by atoms with van der Waals surface area (Å²) in [7, 11) is 3.26. The second kappa shape index (κ2) is 7.07. The van der Waals surface area contributed by atoms with E-state index in [4.69, 9.17) is 15.2 Å². The lowest BCUT2D eigenvalue weighted by Gasteiger charge is -2.26. The zero-order chi connectivity index (χ0) is 13.5. The molecule has 2 unspecified atom stereocenters. The zero-order valence-electron chi connectivity index (χ0n) is 11.5. The summed E-state index contributed by atoms with van der Waals surface area (Å²) in [5, 5.41) is 0. The van der Waals surface area contributed by atoms with Gasteiger partial charge in [0.1, 0.15) is 5.76 Å². The number of rotatable bonds is 5. The van der Waals surface area contributed by atoms with E-state index in [1.54, 1.807) is 14.2 Å². The first-order chi connectivity index (χ1) is 8.63. The predicted octanol–water partition coefficient (Wildman–Crippen LogP) is 2.92. The summed E-state index contributed by atoms with van der Waals surface area (Å²) in [4.78, 5) is 0. The summed E-state index contributed by atoms with van der Waals surface area (Å²) in [6.45, 7) is 5.75. The smallest absolute Gasteiger partial charge is 0.156 e. The molecule has 3 nitrogen and oxygen atoms in total. The van der Waals surface area contributed by atoms with Crippen LogP contribution in [-0.4, -0.2) is 20.3 Å². The highest BCUT2D eigenvalue weighted by atomic mass is 16.5. The van der Waals surface area contributed by atoms with E-state index >= 15 is 0 Å². The Hall–Kier alpha value is -1.48. The number of methoxy groups -OCH3 is 2. The van der Waals surface area contributed by atoms with Crippen molar-refractivity contribution < 1.29 is 9.47 Å². The van der Waals surface area contributed by atoms with Crippen molar-refractivity contribution in [2.24, 2.45) is 11.7 Å². The maximum Gasteiger partial charge on any atom is 0.156 e. The summed E-state index contributed by atoms with van der Waals surface area (Å²) >= 11 is 0. The van der Waals surface area contributed by atoms with Crippen LogP contribution in [0.2, 0.25) is 0 Å². The van der Waals surface area contributed by atoms with Crippen LogP contribution in [-0.2, 0) is 9.47 Å². The summed E-state index contributed by atoms with van der Waals surface area (Å²) in [5.41, 5.74) is 7.25. The molecule has 0 radical (unpaired) electrons. The molecule has 0 spiro atoms. The molecule has 2 atom stereocenters. The molecule has 0 amide bonds. The van der Waals surface area contributed by atoms with Gasteiger partial charge in [-0.25, -0.2) is 0 Å². The van der Waals surface area contributed by atoms with E-state index in [0.717, 1.165) is 24.2 Å². The first-order valence-electron chi connectivity index (χ1n) is 6.17. The molecule has 1 aliphatic rings.